The van der Waals surface area contributed by atoms with E-state index in [4.69, 9.17) is 9.47 Å². The van der Waals surface area contributed by atoms with Crippen LogP contribution >= 0.6 is 0 Å². The fourth-order valence-corrected chi connectivity index (χ4v) is 4.32. The summed E-state index contributed by atoms with van der Waals surface area (Å²) in [6.07, 6.45) is 3.18. The highest BCUT2D eigenvalue weighted by atomic mass is 32.2. The van der Waals surface area contributed by atoms with Gasteiger partial charge in [-0.3, -0.25) is 13.9 Å². The highest BCUT2D eigenvalue weighted by Crippen LogP contribution is 2.21. The highest BCUT2D eigenvalue weighted by molar-refractivity contribution is 7.92. The molecule has 3 rings (SSSR count). The Morgan fingerprint density at radius 3 is 2.18 bits per heavy atom. The Labute approximate surface area is 228 Å². The maximum absolute atomic E-state index is 12.4. The van der Waals surface area contributed by atoms with E-state index in [-0.39, 0.29) is 12.5 Å². The van der Waals surface area contributed by atoms with E-state index in [1.165, 1.54) is 6.21 Å². The van der Waals surface area contributed by atoms with Crippen molar-refractivity contribution < 1.29 is 27.5 Å². The molecule has 0 atom stereocenters. The van der Waals surface area contributed by atoms with Gasteiger partial charge in [-0.1, -0.05) is 30.3 Å². The Kier molecular flexibility index (Phi) is 10.9. The molecule has 206 valence electrons. The molecule has 3 aromatic rings. The summed E-state index contributed by atoms with van der Waals surface area (Å²) < 4.78 is 36.4. The van der Waals surface area contributed by atoms with Crippen molar-refractivity contribution in [3.05, 3.63) is 90.0 Å². The van der Waals surface area contributed by atoms with Gasteiger partial charge in [-0.15, -0.1) is 0 Å². The molecule has 0 radical (unpaired) electrons. The molecular weight excluding hydrogens is 520 g/mol. The molecule has 0 fully saturated rings. The summed E-state index contributed by atoms with van der Waals surface area (Å²) in [7, 11) is -3.71. The van der Waals surface area contributed by atoms with E-state index in [1.54, 1.807) is 48.5 Å². The van der Waals surface area contributed by atoms with Gasteiger partial charge in [0.15, 0.2) is 6.61 Å². The number of anilines is 1. The lowest BCUT2D eigenvalue weighted by molar-refractivity contribution is -0.123. The Balaban J connectivity index is 1.44. The number of ether oxygens (including phenoxy) is 2. The first-order chi connectivity index (χ1) is 18.7. The molecule has 0 spiro atoms. The number of benzene rings is 3. The van der Waals surface area contributed by atoms with E-state index >= 15 is 0 Å². The van der Waals surface area contributed by atoms with Gasteiger partial charge in [0.2, 0.25) is 10.0 Å². The number of hydrazone groups is 1. The SMILES string of the molecule is CCOc1ccc(N(CC(=O)N/N=C\c2ccc(OCC(=O)NCCc3ccccc3)cc2)S(C)(=O)=O)cc1. The van der Waals surface area contributed by atoms with E-state index < -0.39 is 22.5 Å². The lowest BCUT2D eigenvalue weighted by Crippen LogP contribution is -2.39. The van der Waals surface area contributed by atoms with Crippen molar-refractivity contribution in [1.29, 1.82) is 0 Å². The Hall–Kier alpha value is -4.38. The summed E-state index contributed by atoms with van der Waals surface area (Å²) in [4.78, 5) is 24.4. The fourth-order valence-electron chi connectivity index (χ4n) is 3.46. The lowest BCUT2D eigenvalue weighted by atomic mass is 10.1. The molecule has 10 nitrogen and oxygen atoms in total. The number of carbonyl (C=O) groups excluding carboxylic acids is 2. The molecule has 39 heavy (non-hydrogen) atoms. The second-order valence-electron chi connectivity index (χ2n) is 8.43. The van der Waals surface area contributed by atoms with Crippen LogP contribution in [0.5, 0.6) is 11.5 Å². The van der Waals surface area contributed by atoms with E-state index in [0.29, 0.717) is 35.9 Å². The minimum Gasteiger partial charge on any atom is -0.494 e. The van der Waals surface area contributed by atoms with Gasteiger partial charge >= 0.3 is 0 Å². The van der Waals surface area contributed by atoms with Gasteiger partial charge in [0.25, 0.3) is 11.8 Å². The first-order valence-electron chi connectivity index (χ1n) is 12.3. The van der Waals surface area contributed by atoms with E-state index in [9.17, 15) is 18.0 Å². The third kappa shape index (κ3) is 10.1. The second kappa shape index (κ2) is 14.5. The van der Waals surface area contributed by atoms with E-state index in [1.807, 2.05) is 37.3 Å². The van der Waals surface area contributed by atoms with Gasteiger partial charge in [0.05, 0.1) is 24.8 Å². The van der Waals surface area contributed by atoms with Crippen LogP contribution in [0.4, 0.5) is 5.69 Å². The third-order valence-corrected chi connectivity index (χ3v) is 6.50. The molecule has 0 saturated carbocycles. The maximum atomic E-state index is 12.4. The molecular formula is C28H32N4O6S. The largest absolute Gasteiger partial charge is 0.494 e. The van der Waals surface area contributed by atoms with Crippen molar-refractivity contribution in [2.75, 3.05) is 36.9 Å². The van der Waals surface area contributed by atoms with Gasteiger partial charge < -0.3 is 14.8 Å². The van der Waals surface area contributed by atoms with Crippen LogP contribution in [0.3, 0.4) is 0 Å². The molecule has 0 aliphatic carbocycles. The minimum absolute atomic E-state index is 0.108. The van der Waals surface area contributed by atoms with Crippen LogP contribution in [0, 0.1) is 0 Å². The summed E-state index contributed by atoms with van der Waals surface area (Å²) >= 11 is 0. The molecule has 0 saturated heterocycles. The number of rotatable bonds is 14. The molecule has 2 amide bonds. The zero-order valence-electron chi connectivity index (χ0n) is 21.9. The average Bonchev–Trinajstić information content (AvgIpc) is 2.92. The molecule has 0 heterocycles. The van der Waals surface area contributed by atoms with Crippen molar-refractivity contribution in [1.82, 2.24) is 10.7 Å². The highest BCUT2D eigenvalue weighted by Gasteiger charge is 2.20. The summed E-state index contributed by atoms with van der Waals surface area (Å²) in [5.41, 5.74) is 4.48. The van der Waals surface area contributed by atoms with Crippen LogP contribution in [0.2, 0.25) is 0 Å². The molecule has 0 unspecified atom stereocenters. The molecule has 0 aliphatic rings. The zero-order chi connectivity index (χ0) is 28.1. The number of sulfonamides is 1. The van der Waals surface area contributed by atoms with Crippen LogP contribution in [0.25, 0.3) is 0 Å². The van der Waals surface area contributed by atoms with Crippen LogP contribution in [-0.4, -0.2) is 59.0 Å². The Morgan fingerprint density at radius 2 is 1.54 bits per heavy atom. The number of nitrogens with zero attached hydrogens (tertiary/aromatic N) is 2. The van der Waals surface area contributed by atoms with Crippen molar-refractivity contribution in [3.8, 4) is 11.5 Å². The molecule has 11 heteroatoms. The van der Waals surface area contributed by atoms with Crippen LogP contribution in [-0.2, 0) is 26.0 Å². The van der Waals surface area contributed by atoms with Crippen molar-refractivity contribution >= 4 is 33.7 Å². The lowest BCUT2D eigenvalue weighted by Gasteiger charge is -2.21. The third-order valence-electron chi connectivity index (χ3n) is 5.35. The van der Waals surface area contributed by atoms with Gasteiger partial charge in [-0.25, -0.2) is 13.8 Å². The summed E-state index contributed by atoms with van der Waals surface area (Å²) in [6.45, 7) is 2.31. The predicted octanol–water partition coefficient (Wildman–Crippen LogP) is 2.74. The van der Waals surface area contributed by atoms with Crippen LogP contribution < -0.4 is 24.5 Å². The maximum Gasteiger partial charge on any atom is 0.260 e. The Bertz CT molecular complexity index is 1350. The fraction of sp³-hybridized carbons (Fsp3) is 0.250. The van der Waals surface area contributed by atoms with Crippen molar-refractivity contribution in [2.45, 2.75) is 13.3 Å². The summed E-state index contributed by atoms with van der Waals surface area (Å²) in [5.74, 6) is 0.285. The van der Waals surface area contributed by atoms with Gasteiger partial charge in [0, 0.05) is 6.54 Å². The molecule has 2 N–H and O–H groups in total. The Morgan fingerprint density at radius 1 is 0.897 bits per heavy atom. The van der Waals surface area contributed by atoms with E-state index in [0.717, 1.165) is 22.5 Å². The van der Waals surface area contributed by atoms with Crippen molar-refractivity contribution in [2.24, 2.45) is 5.10 Å². The first kappa shape index (κ1) is 29.2. The quantitative estimate of drug-likeness (QED) is 0.234. The second-order valence-corrected chi connectivity index (χ2v) is 10.3. The van der Waals surface area contributed by atoms with Gasteiger partial charge in [-0.2, -0.15) is 5.10 Å². The summed E-state index contributed by atoms with van der Waals surface area (Å²) in [6, 6.07) is 23.1. The smallest absolute Gasteiger partial charge is 0.260 e. The number of hydrogen-bond acceptors (Lipinski definition) is 7. The average molecular weight is 553 g/mol. The van der Waals surface area contributed by atoms with Gasteiger partial charge in [-0.05, 0) is 73.0 Å². The first-order valence-corrected chi connectivity index (χ1v) is 14.2. The molecule has 0 aliphatic heterocycles. The normalized spacial score (nSPS) is 11.1. The number of carbonyl (C=O) groups is 2. The number of hydrogen-bond donors (Lipinski definition) is 2. The predicted molar refractivity (Wildman–Crippen MR) is 151 cm³/mol. The summed E-state index contributed by atoms with van der Waals surface area (Å²) in [5, 5.41) is 6.72. The zero-order valence-corrected chi connectivity index (χ0v) is 22.7. The molecule has 0 bridgehead atoms. The van der Waals surface area contributed by atoms with Gasteiger partial charge in [0.1, 0.15) is 18.0 Å². The van der Waals surface area contributed by atoms with E-state index in [2.05, 4.69) is 15.8 Å². The van der Waals surface area contributed by atoms with Crippen LogP contribution in [0.1, 0.15) is 18.1 Å². The number of amides is 2. The molecule has 0 aromatic heterocycles. The van der Waals surface area contributed by atoms with Crippen LogP contribution in [0.15, 0.2) is 84.0 Å². The monoisotopic (exact) mass is 552 g/mol. The number of nitrogens with one attached hydrogen (secondary N) is 2. The topological polar surface area (TPSA) is 126 Å². The minimum atomic E-state index is -3.71. The standard InChI is InChI=1S/C28H32N4O6S/c1-3-37-25-15-11-24(12-16-25)32(39(2,35)36)20-27(33)31-30-19-23-9-13-26(14-10-23)38-21-28(34)29-18-17-22-7-5-4-6-8-22/h4-16,19H,3,17-18,20-21H2,1-2H3,(H,29,34)(H,31,33)/b30-19-. The molecule has 3 aromatic carbocycles. The van der Waals surface area contributed by atoms with Crippen molar-refractivity contribution in [3.63, 3.8) is 0 Å².